The molecule has 0 saturated heterocycles. The first-order valence-electron chi connectivity index (χ1n) is 7.51. The molecular formula is C20H16O3. The van der Waals surface area contributed by atoms with E-state index in [0.717, 1.165) is 16.3 Å². The average molecular weight is 304 g/mol. The number of carbonyl (C=O) groups is 2. The number of fused-ring (bicyclic) bond motifs is 1. The monoisotopic (exact) mass is 304 g/mol. The fourth-order valence-corrected chi connectivity index (χ4v) is 2.50. The third kappa shape index (κ3) is 3.64. The van der Waals surface area contributed by atoms with Crippen LogP contribution < -0.4 is 0 Å². The Morgan fingerprint density at radius 2 is 1.48 bits per heavy atom. The zero-order valence-corrected chi connectivity index (χ0v) is 12.6. The molecular weight excluding hydrogens is 288 g/mol. The molecule has 0 aliphatic heterocycles. The lowest BCUT2D eigenvalue weighted by Crippen LogP contribution is -2.13. The first-order chi connectivity index (χ1) is 11.2. The van der Waals surface area contributed by atoms with E-state index in [0.29, 0.717) is 12.0 Å². The highest BCUT2D eigenvalue weighted by atomic mass is 16.6. The van der Waals surface area contributed by atoms with Crippen LogP contribution >= 0.6 is 0 Å². The molecule has 3 heteroatoms. The van der Waals surface area contributed by atoms with Crippen molar-refractivity contribution in [2.75, 3.05) is 0 Å². The zero-order chi connectivity index (χ0) is 16.1. The smallest absolute Gasteiger partial charge is 0.346 e. The summed E-state index contributed by atoms with van der Waals surface area (Å²) < 4.78 is 4.99. The maximum absolute atomic E-state index is 12.2. The lowest BCUT2D eigenvalue weighted by Gasteiger charge is -2.06. The lowest BCUT2D eigenvalue weighted by molar-refractivity contribution is -0.137. The van der Waals surface area contributed by atoms with Gasteiger partial charge in [0, 0.05) is 0 Å². The van der Waals surface area contributed by atoms with Gasteiger partial charge in [0.25, 0.3) is 0 Å². The van der Waals surface area contributed by atoms with Crippen molar-refractivity contribution >= 4 is 22.7 Å². The van der Waals surface area contributed by atoms with Crippen molar-refractivity contribution in [1.29, 1.82) is 0 Å². The highest BCUT2D eigenvalue weighted by molar-refractivity contribution is 6.07. The molecule has 23 heavy (non-hydrogen) atoms. The predicted octanol–water partition coefficient (Wildman–Crippen LogP) is 4.16. The van der Waals surface area contributed by atoms with Crippen molar-refractivity contribution < 1.29 is 14.3 Å². The van der Waals surface area contributed by atoms with Crippen LogP contribution in [-0.4, -0.2) is 11.9 Å². The molecule has 0 unspecified atom stereocenters. The average Bonchev–Trinajstić information content (AvgIpc) is 2.60. The molecule has 0 radical (unpaired) electrons. The molecule has 0 N–H and O–H groups in total. The van der Waals surface area contributed by atoms with Crippen LogP contribution in [0.2, 0.25) is 0 Å². The SMILES string of the molecule is O=C(CCc1ccccc1)OC(=O)c1cccc2ccccc12. The number of benzene rings is 3. The molecule has 0 heterocycles. The molecule has 3 aromatic rings. The Morgan fingerprint density at radius 1 is 0.783 bits per heavy atom. The fraction of sp³-hybridized carbons (Fsp3) is 0.100. The Bertz CT molecular complexity index is 832. The van der Waals surface area contributed by atoms with Crippen molar-refractivity contribution in [3.05, 3.63) is 83.9 Å². The predicted molar refractivity (Wildman–Crippen MR) is 89.1 cm³/mol. The largest absolute Gasteiger partial charge is 0.389 e. The van der Waals surface area contributed by atoms with E-state index >= 15 is 0 Å². The van der Waals surface area contributed by atoms with E-state index in [1.165, 1.54) is 0 Å². The van der Waals surface area contributed by atoms with Crippen molar-refractivity contribution in [1.82, 2.24) is 0 Å². The maximum atomic E-state index is 12.2. The summed E-state index contributed by atoms with van der Waals surface area (Å²) in [5.41, 5.74) is 1.46. The van der Waals surface area contributed by atoms with E-state index in [1.54, 1.807) is 12.1 Å². The van der Waals surface area contributed by atoms with Gasteiger partial charge in [0.1, 0.15) is 0 Å². The van der Waals surface area contributed by atoms with Crippen LogP contribution in [0, 0.1) is 0 Å². The quantitative estimate of drug-likeness (QED) is 0.537. The van der Waals surface area contributed by atoms with Crippen LogP contribution in [0.15, 0.2) is 72.8 Å². The Morgan fingerprint density at radius 3 is 2.30 bits per heavy atom. The molecule has 0 saturated carbocycles. The summed E-state index contributed by atoms with van der Waals surface area (Å²) in [5, 5.41) is 1.73. The first kappa shape index (κ1) is 15.0. The topological polar surface area (TPSA) is 43.4 Å². The summed E-state index contributed by atoms with van der Waals surface area (Å²) in [4.78, 5) is 24.1. The van der Waals surface area contributed by atoms with Gasteiger partial charge in [-0.25, -0.2) is 4.79 Å². The molecule has 0 atom stereocenters. The Kier molecular flexibility index (Phi) is 4.48. The van der Waals surface area contributed by atoms with Crippen LogP contribution in [0.25, 0.3) is 10.8 Å². The van der Waals surface area contributed by atoms with Gasteiger partial charge in [-0.1, -0.05) is 66.7 Å². The van der Waals surface area contributed by atoms with Crippen LogP contribution in [0.5, 0.6) is 0 Å². The molecule has 3 rings (SSSR count). The molecule has 0 amide bonds. The van der Waals surface area contributed by atoms with E-state index in [1.807, 2.05) is 60.7 Å². The molecule has 0 aliphatic carbocycles. The fourth-order valence-electron chi connectivity index (χ4n) is 2.50. The number of aryl methyl sites for hydroxylation is 1. The molecule has 0 aromatic heterocycles. The highest BCUT2D eigenvalue weighted by Gasteiger charge is 2.15. The number of esters is 2. The molecule has 3 nitrogen and oxygen atoms in total. The van der Waals surface area contributed by atoms with Gasteiger partial charge < -0.3 is 4.74 Å². The molecule has 114 valence electrons. The lowest BCUT2D eigenvalue weighted by atomic mass is 10.0. The number of rotatable bonds is 4. The Balaban J connectivity index is 1.67. The highest BCUT2D eigenvalue weighted by Crippen LogP contribution is 2.19. The maximum Gasteiger partial charge on any atom is 0.346 e. The second kappa shape index (κ2) is 6.88. The van der Waals surface area contributed by atoms with E-state index in [9.17, 15) is 9.59 Å². The summed E-state index contributed by atoms with van der Waals surface area (Å²) in [6.45, 7) is 0. The molecule has 0 spiro atoms. The normalized spacial score (nSPS) is 10.4. The minimum absolute atomic E-state index is 0.181. The van der Waals surface area contributed by atoms with Gasteiger partial charge in [-0.2, -0.15) is 0 Å². The van der Waals surface area contributed by atoms with Gasteiger partial charge >= 0.3 is 11.9 Å². The molecule has 0 bridgehead atoms. The van der Waals surface area contributed by atoms with Crippen molar-refractivity contribution in [2.24, 2.45) is 0 Å². The van der Waals surface area contributed by atoms with E-state index in [2.05, 4.69) is 0 Å². The van der Waals surface area contributed by atoms with Crippen LogP contribution in [0.4, 0.5) is 0 Å². The minimum atomic E-state index is -0.597. The van der Waals surface area contributed by atoms with Crippen LogP contribution in [-0.2, 0) is 16.0 Å². The standard InChI is InChI=1S/C20H16O3/c21-19(14-13-15-7-2-1-3-8-15)23-20(22)18-12-6-10-16-9-4-5-11-17(16)18/h1-12H,13-14H2. The summed E-state index contributed by atoms with van der Waals surface area (Å²) in [7, 11) is 0. The van der Waals surface area contributed by atoms with Crippen molar-refractivity contribution in [2.45, 2.75) is 12.8 Å². The third-order valence-corrected chi connectivity index (χ3v) is 3.68. The Labute approximate surface area is 134 Å². The van der Waals surface area contributed by atoms with Crippen LogP contribution in [0.3, 0.4) is 0 Å². The summed E-state index contributed by atoms with van der Waals surface area (Å²) in [6, 6.07) is 22.6. The first-order valence-corrected chi connectivity index (χ1v) is 7.51. The summed E-state index contributed by atoms with van der Waals surface area (Å²) in [6.07, 6.45) is 0.739. The summed E-state index contributed by atoms with van der Waals surface area (Å²) in [5.74, 6) is -1.10. The zero-order valence-electron chi connectivity index (χ0n) is 12.6. The minimum Gasteiger partial charge on any atom is -0.389 e. The van der Waals surface area contributed by atoms with Crippen LogP contribution in [0.1, 0.15) is 22.3 Å². The second-order valence-electron chi connectivity index (χ2n) is 5.27. The second-order valence-corrected chi connectivity index (χ2v) is 5.27. The molecule has 0 aliphatic rings. The van der Waals surface area contributed by atoms with E-state index in [-0.39, 0.29) is 6.42 Å². The molecule has 3 aromatic carbocycles. The van der Waals surface area contributed by atoms with Gasteiger partial charge in [-0.3, -0.25) is 4.79 Å². The Hall–Kier alpha value is -2.94. The van der Waals surface area contributed by atoms with Gasteiger partial charge in [-0.15, -0.1) is 0 Å². The van der Waals surface area contributed by atoms with Gasteiger partial charge in [0.2, 0.25) is 0 Å². The summed E-state index contributed by atoms with van der Waals surface area (Å²) >= 11 is 0. The van der Waals surface area contributed by atoms with E-state index in [4.69, 9.17) is 4.74 Å². The third-order valence-electron chi connectivity index (χ3n) is 3.68. The van der Waals surface area contributed by atoms with Gasteiger partial charge in [0.05, 0.1) is 12.0 Å². The number of hydrogen-bond donors (Lipinski definition) is 0. The van der Waals surface area contributed by atoms with Crippen molar-refractivity contribution in [3.63, 3.8) is 0 Å². The van der Waals surface area contributed by atoms with Gasteiger partial charge in [-0.05, 0) is 28.8 Å². The number of carbonyl (C=O) groups excluding carboxylic acids is 2. The van der Waals surface area contributed by atoms with Crippen molar-refractivity contribution in [3.8, 4) is 0 Å². The number of ether oxygens (including phenoxy) is 1. The van der Waals surface area contributed by atoms with Gasteiger partial charge in [0.15, 0.2) is 0 Å². The number of hydrogen-bond acceptors (Lipinski definition) is 3. The van der Waals surface area contributed by atoms with E-state index < -0.39 is 11.9 Å². The molecule has 0 fully saturated rings.